The zero-order valence-electron chi connectivity index (χ0n) is 13.1. The zero-order chi connectivity index (χ0) is 16.8. The van der Waals surface area contributed by atoms with Crippen molar-refractivity contribution in [3.8, 4) is 0 Å². The van der Waals surface area contributed by atoms with E-state index in [4.69, 9.17) is 4.52 Å². The number of hydrogen-bond acceptors (Lipinski definition) is 4. The van der Waals surface area contributed by atoms with Crippen molar-refractivity contribution in [3.63, 3.8) is 0 Å². The number of nitrogens with one attached hydrogen (secondary N) is 1. The molecule has 5 nitrogen and oxygen atoms in total. The Bertz CT molecular complexity index is 583. The molecule has 23 heavy (non-hydrogen) atoms. The van der Waals surface area contributed by atoms with Crippen LogP contribution in [0.15, 0.2) is 10.6 Å². The number of carbonyl (C=O) groups excluding carboxylic acids is 1. The van der Waals surface area contributed by atoms with Gasteiger partial charge < -0.3 is 9.84 Å². The molecule has 1 saturated carbocycles. The lowest BCUT2D eigenvalue weighted by Gasteiger charge is -2.26. The molecule has 0 spiro atoms. The van der Waals surface area contributed by atoms with Crippen LogP contribution in [0.25, 0.3) is 0 Å². The Hall–Kier alpha value is -1.57. The van der Waals surface area contributed by atoms with Gasteiger partial charge in [0, 0.05) is 31.1 Å². The number of carbonyl (C=O) groups is 1. The van der Waals surface area contributed by atoms with E-state index in [-0.39, 0.29) is 30.1 Å². The molecule has 2 heterocycles. The van der Waals surface area contributed by atoms with Crippen LogP contribution in [0.2, 0.25) is 0 Å². The second-order valence-corrected chi connectivity index (χ2v) is 6.62. The van der Waals surface area contributed by atoms with Crippen LogP contribution in [0.4, 0.5) is 13.2 Å². The van der Waals surface area contributed by atoms with E-state index in [1.807, 2.05) is 6.92 Å². The highest BCUT2D eigenvalue weighted by atomic mass is 19.4. The first-order valence-electron chi connectivity index (χ1n) is 7.84. The summed E-state index contributed by atoms with van der Waals surface area (Å²) >= 11 is 0. The van der Waals surface area contributed by atoms with Crippen molar-refractivity contribution < 1.29 is 22.5 Å². The predicted octanol–water partition coefficient (Wildman–Crippen LogP) is 2.55. The van der Waals surface area contributed by atoms with E-state index in [0.29, 0.717) is 18.2 Å². The molecule has 1 amide bonds. The Labute approximate surface area is 132 Å². The number of rotatable bonds is 4. The van der Waals surface area contributed by atoms with E-state index in [0.717, 1.165) is 19.8 Å². The number of nitrogens with zero attached hydrogens (tertiary/aromatic N) is 2. The molecule has 1 N–H and O–H groups in total. The molecule has 2 aliphatic rings. The van der Waals surface area contributed by atoms with E-state index in [2.05, 4.69) is 10.5 Å². The Morgan fingerprint density at radius 1 is 1.43 bits per heavy atom. The third-order valence-corrected chi connectivity index (χ3v) is 4.72. The topological polar surface area (TPSA) is 58.4 Å². The number of aromatic nitrogens is 1. The van der Waals surface area contributed by atoms with E-state index < -0.39 is 12.2 Å². The quantitative estimate of drug-likeness (QED) is 0.921. The maximum Gasteiger partial charge on any atom is 0.403 e. The van der Waals surface area contributed by atoms with Gasteiger partial charge in [-0.2, -0.15) is 13.2 Å². The number of halogens is 3. The minimum Gasteiger partial charge on any atom is -0.360 e. The average Bonchev–Trinajstić information content (AvgIpc) is 3.09. The molecule has 0 radical (unpaired) electrons. The van der Waals surface area contributed by atoms with Crippen LogP contribution in [0.1, 0.15) is 48.9 Å². The largest absolute Gasteiger partial charge is 0.403 e. The molecule has 128 valence electrons. The summed E-state index contributed by atoms with van der Waals surface area (Å²) < 4.78 is 43.6. The molecule has 1 saturated heterocycles. The van der Waals surface area contributed by atoms with E-state index in [1.165, 1.54) is 4.90 Å². The SMILES string of the molecule is CC(N1C[C@H](C)[C@H](NC(=O)c2cc(C3CC3)on2)C1)C(F)(F)F. The van der Waals surface area contributed by atoms with Crippen LogP contribution >= 0.6 is 0 Å². The van der Waals surface area contributed by atoms with Crippen LogP contribution in [0.5, 0.6) is 0 Å². The lowest BCUT2D eigenvalue weighted by molar-refractivity contribution is -0.176. The summed E-state index contributed by atoms with van der Waals surface area (Å²) in [5.41, 5.74) is 0.196. The molecule has 1 aliphatic carbocycles. The summed E-state index contributed by atoms with van der Waals surface area (Å²) in [7, 11) is 0. The maximum absolute atomic E-state index is 12.8. The lowest BCUT2D eigenvalue weighted by atomic mass is 10.1. The van der Waals surface area contributed by atoms with Gasteiger partial charge in [-0.05, 0) is 25.7 Å². The fourth-order valence-corrected chi connectivity index (χ4v) is 2.91. The van der Waals surface area contributed by atoms with Crippen molar-refractivity contribution in [1.29, 1.82) is 0 Å². The number of hydrogen-bond donors (Lipinski definition) is 1. The highest BCUT2D eigenvalue weighted by Crippen LogP contribution is 2.40. The van der Waals surface area contributed by atoms with Crippen molar-refractivity contribution in [2.45, 2.75) is 50.9 Å². The molecule has 3 atom stereocenters. The van der Waals surface area contributed by atoms with E-state index in [1.54, 1.807) is 6.07 Å². The molecule has 8 heteroatoms. The van der Waals surface area contributed by atoms with Gasteiger partial charge in [-0.1, -0.05) is 12.1 Å². The van der Waals surface area contributed by atoms with Gasteiger partial charge in [-0.3, -0.25) is 9.69 Å². The summed E-state index contributed by atoms with van der Waals surface area (Å²) in [6, 6.07) is -0.211. The molecule has 3 rings (SSSR count). The van der Waals surface area contributed by atoms with Crippen molar-refractivity contribution >= 4 is 5.91 Å². The highest BCUT2D eigenvalue weighted by Gasteiger charge is 2.44. The van der Waals surface area contributed by atoms with Gasteiger partial charge in [-0.25, -0.2) is 0 Å². The Balaban J connectivity index is 1.59. The lowest BCUT2D eigenvalue weighted by Crippen LogP contribution is -2.44. The fraction of sp³-hybridized carbons (Fsp3) is 0.733. The van der Waals surface area contributed by atoms with Gasteiger partial charge in [-0.15, -0.1) is 0 Å². The molecule has 1 unspecified atom stereocenters. The van der Waals surface area contributed by atoms with Crippen LogP contribution in [0, 0.1) is 5.92 Å². The Morgan fingerprint density at radius 3 is 2.74 bits per heavy atom. The summed E-state index contributed by atoms with van der Waals surface area (Å²) in [5, 5.41) is 6.54. The first-order valence-corrected chi connectivity index (χ1v) is 7.84. The molecular formula is C15H20F3N3O2. The second-order valence-electron chi connectivity index (χ2n) is 6.62. The first kappa shape index (κ1) is 16.3. The van der Waals surface area contributed by atoms with Crippen LogP contribution in [-0.2, 0) is 0 Å². The molecule has 1 aromatic heterocycles. The number of alkyl halides is 3. The minimum atomic E-state index is -4.26. The van der Waals surface area contributed by atoms with Crippen molar-refractivity contribution in [1.82, 2.24) is 15.4 Å². The summed E-state index contributed by atoms with van der Waals surface area (Å²) in [6.07, 6.45) is -2.18. The average molecular weight is 331 g/mol. The molecule has 0 bridgehead atoms. The third-order valence-electron chi connectivity index (χ3n) is 4.72. The van der Waals surface area contributed by atoms with Gasteiger partial charge >= 0.3 is 6.18 Å². The summed E-state index contributed by atoms with van der Waals surface area (Å²) in [6.45, 7) is 3.47. The third kappa shape index (κ3) is 3.52. The van der Waals surface area contributed by atoms with Crippen molar-refractivity contribution in [3.05, 3.63) is 17.5 Å². The van der Waals surface area contributed by atoms with Gasteiger partial charge in [0.05, 0.1) is 0 Å². The maximum atomic E-state index is 12.8. The van der Waals surface area contributed by atoms with Crippen molar-refractivity contribution in [2.75, 3.05) is 13.1 Å². The van der Waals surface area contributed by atoms with E-state index >= 15 is 0 Å². The second kappa shape index (κ2) is 5.81. The van der Waals surface area contributed by atoms with Crippen molar-refractivity contribution in [2.24, 2.45) is 5.92 Å². The Kier molecular flexibility index (Phi) is 4.12. The van der Waals surface area contributed by atoms with Gasteiger partial charge in [0.25, 0.3) is 5.91 Å². The number of amides is 1. The van der Waals surface area contributed by atoms with Gasteiger partial charge in [0.1, 0.15) is 11.8 Å². The minimum absolute atomic E-state index is 0.0569. The fourth-order valence-electron chi connectivity index (χ4n) is 2.91. The normalized spacial score (nSPS) is 27.2. The molecule has 1 aliphatic heterocycles. The molecular weight excluding hydrogens is 311 g/mol. The van der Waals surface area contributed by atoms with Crippen LogP contribution in [-0.4, -0.2) is 47.3 Å². The predicted molar refractivity (Wildman–Crippen MR) is 76.0 cm³/mol. The molecule has 2 fully saturated rings. The highest BCUT2D eigenvalue weighted by molar-refractivity contribution is 5.92. The number of likely N-dealkylation sites (tertiary alicyclic amines) is 1. The monoisotopic (exact) mass is 331 g/mol. The molecule has 0 aromatic carbocycles. The smallest absolute Gasteiger partial charge is 0.360 e. The van der Waals surface area contributed by atoms with Crippen LogP contribution in [0.3, 0.4) is 0 Å². The standard InChI is InChI=1S/C15H20F3N3O2/c1-8-6-21(9(2)15(16,17)18)7-12(8)19-14(22)11-5-13(23-20-11)10-3-4-10/h5,8-10,12H,3-4,6-7H2,1-2H3,(H,19,22)/t8-,9?,12+/m0/s1. The van der Waals surface area contributed by atoms with E-state index in [9.17, 15) is 18.0 Å². The van der Waals surface area contributed by atoms with Gasteiger partial charge in [0.2, 0.25) is 0 Å². The summed E-state index contributed by atoms with van der Waals surface area (Å²) in [4.78, 5) is 13.6. The Morgan fingerprint density at radius 2 is 2.13 bits per heavy atom. The first-order chi connectivity index (χ1) is 10.8. The summed E-state index contributed by atoms with van der Waals surface area (Å²) in [5.74, 6) is 0.622. The zero-order valence-corrected chi connectivity index (χ0v) is 13.1. The molecule has 1 aromatic rings. The van der Waals surface area contributed by atoms with Crippen LogP contribution < -0.4 is 5.32 Å². The van der Waals surface area contributed by atoms with Gasteiger partial charge in [0.15, 0.2) is 5.69 Å².